The zero-order valence-corrected chi connectivity index (χ0v) is 11.0. The number of nitrogen functional groups attached to an aromatic ring is 1. The first kappa shape index (κ1) is 11.5. The molecule has 0 unspecified atom stereocenters. The highest BCUT2D eigenvalue weighted by atomic mass is 127. The molecule has 0 aromatic heterocycles. The van der Waals surface area contributed by atoms with E-state index >= 15 is 0 Å². The lowest BCUT2D eigenvalue weighted by atomic mass is 10.3. The van der Waals surface area contributed by atoms with Gasteiger partial charge in [-0.25, -0.2) is 0 Å². The molecule has 86 valence electrons. The van der Waals surface area contributed by atoms with Gasteiger partial charge in [0.05, 0.1) is 6.54 Å². The second kappa shape index (κ2) is 4.90. The highest BCUT2D eigenvalue weighted by Gasteiger charge is 2.22. The van der Waals surface area contributed by atoms with Crippen LogP contribution in [-0.4, -0.2) is 18.5 Å². The van der Waals surface area contributed by atoms with E-state index in [-0.39, 0.29) is 5.91 Å². The molecule has 4 N–H and O–H groups in total. The van der Waals surface area contributed by atoms with Crippen molar-refractivity contribution >= 4 is 39.9 Å². The van der Waals surface area contributed by atoms with Crippen molar-refractivity contribution in [2.75, 3.05) is 17.6 Å². The summed E-state index contributed by atoms with van der Waals surface area (Å²) >= 11 is 2.20. The maximum Gasteiger partial charge on any atom is 0.239 e. The molecule has 0 spiro atoms. The minimum Gasteiger partial charge on any atom is -0.399 e. The fourth-order valence-corrected chi connectivity index (χ4v) is 2.09. The van der Waals surface area contributed by atoms with Gasteiger partial charge in [0.25, 0.3) is 0 Å². The Morgan fingerprint density at radius 1 is 1.50 bits per heavy atom. The second-order valence-corrected chi connectivity index (χ2v) is 5.10. The molecule has 2 rings (SSSR count). The van der Waals surface area contributed by atoms with Gasteiger partial charge in [-0.15, -0.1) is 0 Å². The third-order valence-electron chi connectivity index (χ3n) is 2.38. The fraction of sp³-hybridized carbons (Fsp3) is 0.364. The summed E-state index contributed by atoms with van der Waals surface area (Å²) in [4.78, 5) is 11.4. The predicted octanol–water partition coefficient (Wildman–Crippen LogP) is 1.56. The normalized spacial score (nSPS) is 14.6. The quantitative estimate of drug-likeness (QED) is 0.579. The molecule has 1 aliphatic carbocycles. The number of halogens is 1. The molecular weight excluding hydrogens is 317 g/mol. The topological polar surface area (TPSA) is 67.1 Å². The number of benzene rings is 1. The van der Waals surface area contributed by atoms with Gasteiger partial charge < -0.3 is 16.4 Å². The lowest BCUT2D eigenvalue weighted by molar-refractivity contribution is -0.119. The summed E-state index contributed by atoms with van der Waals surface area (Å²) in [5.41, 5.74) is 7.32. The minimum absolute atomic E-state index is 0.0510. The average Bonchev–Trinajstić information content (AvgIpc) is 3.00. The van der Waals surface area contributed by atoms with E-state index in [4.69, 9.17) is 5.73 Å². The van der Waals surface area contributed by atoms with Crippen LogP contribution in [0.4, 0.5) is 11.4 Å². The van der Waals surface area contributed by atoms with Crippen LogP contribution in [-0.2, 0) is 4.79 Å². The summed E-state index contributed by atoms with van der Waals surface area (Å²) in [5, 5.41) is 6.02. The van der Waals surface area contributed by atoms with Crippen molar-refractivity contribution in [2.24, 2.45) is 0 Å². The van der Waals surface area contributed by atoms with Crippen molar-refractivity contribution in [3.05, 3.63) is 21.8 Å². The van der Waals surface area contributed by atoms with Gasteiger partial charge in [-0.1, -0.05) is 0 Å². The standard InChI is InChI=1S/C11H14IN3O/c12-9-5-7(13)1-4-10(9)14-6-11(16)15-8-2-3-8/h1,4-5,8,14H,2-3,6,13H2,(H,15,16). The van der Waals surface area contributed by atoms with Crippen molar-refractivity contribution in [1.82, 2.24) is 5.32 Å². The smallest absolute Gasteiger partial charge is 0.239 e. The molecule has 1 fully saturated rings. The maximum atomic E-state index is 11.4. The molecule has 16 heavy (non-hydrogen) atoms. The van der Waals surface area contributed by atoms with E-state index in [0.29, 0.717) is 12.6 Å². The summed E-state index contributed by atoms with van der Waals surface area (Å²) in [6, 6.07) is 6.01. The first-order valence-electron chi connectivity index (χ1n) is 5.23. The zero-order chi connectivity index (χ0) is 11.5. The zero-order valence-electron chi connectivity index (χ0n) is 8.79. The number of hydrogen-bond donors (Lipinski definition) is 3. The number of carbonyl (C=O) groups excluding carboxylic acids is 1. The molecule has 0 atom stereocenters. The number of hydrogen-bond acceptors (Lipinski definition) is 3. The fourth-order valence-electron chi connectivity index (χ4n) is 1.36. The number of nitrogens with two attached hydrogens (primary N) is 1. The molecule has 1 aliphatic rings. The number of anilines is 2. The van der Waals surface area contributed by atoms with E-state index in [1.165, 1.54) is 0 Å². The third kappa shape index (κ3) is 3.26. The van der Waals surface area contributed by atoms with E-state index in [2.05, 4.69) is 33.2 Å². The van der Waals surface area contributed by atoms with Crippen molar-refractivity contribution in [3.8, 4) is 0 Å². The summed E-state index contributed by atoms with van der Waals surface area (Å²) in [7, 11) is 0. The first-order chi connectivity index (χ1) is 7.65. The molecule has 1 aromatic carbocycles. The Labute approximate surface area is 108 Å². The van der Waals surface area contributed by atoms with Crippen LogP contribution in [0, 0.1) is 3.57 Å². The van der Waals surface area contributed by atoms with Crippen LogP contribution >= 0.6 is 22.6 Å². The third-order valence-corrected chi connectivity index (χ3v) is 3.27. The Balaban J connectivity index is 1.85. The first-order valence-corrected chi connectivity index (χ1v) is 6.31. The van der Waals surface area contributed by atoms with Gasteiger partial charge >= 0.3 is 0 Å². The molecule has 1 amide bonds. The molecule has 1 aromatic rings. The van der Waals surface area contributed by atoms with Crippen LogP contribution in [0.1, 0.15) is 12.8 Å². The lowest BCUT2D eigenvalue weighted by Gasteiger charge is -2.09. The highest BCUT2D eigenvalue weighted by molar-refractivity contribution is 14.1. The lowest BCUT2D eigenvalue weighted by Crippen LogP contribution is -2.31. The van der Waals surface area contributed by atoms with Gasteiger partial charge in [-0.05, 0) is 53.6 Å². The van der Waals surface area contributed by atoms with Gasteiger partial charge in [0.15, 0.2) is 0 Å². The monoisotopic (exact) mass is 331 g/mol. The van der Waals surface area contributed by atoms with E-state index < -0.39 is 0 Å². The van der Waals surface area contributed by atoms with Crippen molar-refractivity contribution in [1.29, 1.82) is 0 Å². The molecule has 0 bridgehead atoms. The van der Waals surface area contributed by atoms with E-state index in [1.807, 2.05) is 18.2 Å². The van der Waals surface area contributed by atoms with Crippen LogP contribution in [0.3, 0.4) is 0 Å². The van der Waals surface area contributed by atoms with Crippen molar-refractivity contribution in [3.63, 3.8) is 0 Å². The SMILES string of the molecule is Nc1ccc(NCC(=O)NC2CC2)c(I)c1. The Morgan fingerprint density at radius 2 is 2.25 bits per heavy atom. The van der Waals surface area contributed by atoms with Gasteiger partial charge in [-0.3, -0.25) is 4.79 Å². The number of carbonyl (C=O) groups is 1. The van der Waals surface area contributed by atoms with Crippen LogP contribution in [0.15, 0.2) is 18.2 Å². The minimum atomic E-state index is 0.0510. The van der Waals surface area contributed by atoms with Crippen LogP contribution < -0.4 is 16.4 Å². The molecule has 0 heterocycles. The van der Waals surface area contributed by atoms with Gasteiger partial charge in [0.1, 0.15) is 0 Å². The molecule has 0 saturated heterocycles. The average molecular weight is 331 g/mol. The Kier molecular flexibility index (Phi) is 3.52. The second-order valence-electron chi connectivity index (χ2n) is 3.93. The van der Waals surface area contributed by atoms with E-state index in [9.17, 15) is 4.79 Å². The molecule has 4 nitrogen and oxygen atoms in total. The number of rotatable bonds is 4. The van der Waals surface area contributed by atoms with Crippen LogP contribution in [0.2, 0.25) is 0 Å². The number of nitrogens with one attached hydrogen (secondary N) is 2. The summed E-state index contributed by atoms with van der Waals surface area (Å²) in [5.74, 6) is 0.0510. The Hall–Kier alpha value is -0.980. The summed E-state index contributed by atoms with van der Waals surface area (Å²) in [6.07, 6.45) is 2.23. The Morgan fingerprint density at radius 3 is 2.88 bits per heavy atom. The molecule has 0 radical (unpaired) electrons. The van der Waals surface area contributed by atoms with Gasteiger partial charge in [-0.2, -0.15) is 0 Å². The number of amides is 1. The Bertz CT molecular complexity index is 404. The van der Waals surface area contributed by atoms with Crippen LogP contribution in [0.5, 0.6) is 0 Å². The maximum absolute atomic E-state index is 11.4. The van der Waals surface area contributed by atoms with E-state index in [1.54, 1.807) is 0 Å². The largest absolute Gasteiger partial charge is 0.399 e. The molecule has 5 heteroatoms. The highest BCUT2D eigenvalue weighted by Crippen LogP contribution is 2.21. The summed E-state index contributed by atoms with van der Waals surface area (Å²) < 4.78 is 1.02. The predicted molar refractivity (Wildman–Crippen MR) is 73.2 cm³/mol. The molecule has 1 saturated carbocycles. The van der Waals surface area contributed by atoms with Gasteiger partial charge in [0, 0.05) is 21.0 Å². The van der Waals surface area contributed by atoms with Crippen LogP contribution in [0.25, 0.3) is 0 Å². The van der Waals surface area contributed by atoms with E-state index in [0.717, 1.165) is 27.8 Å². The van der Waals surface area contributed by atoms with Crippen molar-refractivity contribution in [2.45, 2.75) is 18.9 Å². The van der Waals surface area contributed by atoms with Gasteiger partial charge in [0.2, 0.25) is 5.91 Å². The molecule has 0 aliphatic heterocycles. The molecular formula is C11H14IN3O. The summed E-state index contributed by atoms with van der Waals surface area (Å²) in [6.45, 7) is 0.316. The van der Waals surface area contributed by atoms with Crippen molar-refractivity contribution < 1.29 is 4.79 Å².